The molecule has 0 rings (SSSR count). The van der Waals surface area contributed by atoms with Crippen molar-refractivity contribution in [2.75, 3.05) is 0 Å². The first-order valence-corrected chi connectivity index (χ1v) is 22.9. The Labute approximate surface area is 545 Å². The summed E-state index contributed by atoms with van der Waals surface area (Å²) in [5, 5.41) is 0. The van der Waals surface area contributed by atoms with Crippen molar-refractivity contribution >= 4 is 0 Å². The summed E-state index contributed by atoms with van der Waals surface area (Å²) >= 11 is 0. The zero-order chi connectivity index (χ0) is 92.7. The van der Waals surface area contributed by atoms with Crippen LogP contribution in [-0.2, 0) is 4.74 Å². The Bertz CT molecular complexity index is 3090. The Morgan fingerprint density at radius 2 is 0.135 bits per heavy atom. The topological polar surface area (TPSA) is 9.23 Å². The monoisotopic (exact) mass is 1850 g/mol. The van der Waals surface area contributed by atoms with Gasteiger partial charge in [-0.05, 0) is 0 Å². The minimum atomic E-state index is -15.1. The predicted molar refractivity (Wildman–Crippen MR) is 181 cm³/mol. The van der Waals surface area contributed by atoms with Crippen LogP contribution < -0.4 is 0 Å². The molecule has 0 aliphatic rings. The molecular weight excluding hydrogens is 1850 g/mol. The van der Waals surface area contributed by atoms with Crippen LogP contribution in [0.5, 0.6) is 0 Å². The standard InChI is InChI=1S/C36F74O/c37-3(38,9(49,50)13(57,58)17(65,66)21(73,74)25(81,82)29(89,90)35(105,106)107)1(7(45,46)31(93,94)95,5(41,42)11(53,54)15(61,62)19(69,70)23(77,78)27(85,86)33(99,100)101)111-2(8(47,48)32(96,97)98,6(43,44)12(55,56)16(63,64)20(71,72)24(79,80)28(87,88)34(102,103)104)4(39,40)10(51,52)14(59,60)18(67,68)22(75,76)26(83,84)30(91,92)36(108,109)110. The molecule has 0 bridgehead atoms. The van der Waals surface area contributed by atoms with Crippen molar-refractivity contribution in [1.29, 1.82) is 0 Å². The summed E-state index contributed by atoms with van der Waals surface area (Å²) in [4.78, 5) is 0. The summed E-state index contributed by atoms with van der Waals surface area (Å²) in [7, 11) is 0. The van der Waals surface area contributed by atoms with E-state index in [-0.39, 0.29) is 0 Å². The van der Waals surface area contributed by atoms with E-state index < -0.39 is 219 Å². The average Bonchev–Trinajstić information content (AvgIpc) is 0.636. The Hall–Kier alpha value is -5.22. The van der Waals surface area contributed by atoms with Gasteiger partial charge in [-0.3, -0.25) is 0 Å². The van der Waals surface area contributed by atoms with Crippen LogP contribution in [0.2, 0.25) is 0 Å². The molecule has 2 atom stereocenters. The largest absolute Gasteiger partial charge is 0.460 e. The predicted octanol–water partition coefficient (Wildman–Crippen LogP) is 23.6. The minimum Gasteiger partial charge on any atom is -0.332 e. The molecule has 1 nitrogen and oxygen atoms in total. The lowest BCUT2D eigenvalue weighted by Gasteiger charge is -2.60. The maximum atomic E-state index is 16.6. The number of hydrogen-bond donors (Lipinski definition) is 0. The van der Waals surface area contributed by atoms with E-state index >= 15 is 123 Å². The molecule has 0 aromatic rings. The third-order valence-corrected chi connectivity index (χ3v) is 13.8. The zero-order valence-corrected chi connectivity index (χ0v) is 46.4. The van der Waals surface area contributed by atoms with Crippen molar-refractivity contribution < 1.29 is 330 Å². The van der Waals surface area contributed by atoms with Crippen LogP contribution in [-0.4, -0.2) is 214 Å². The van der Waals surface area contributed by atoms with E-state index in [1.54, 1.807) is 0 Å². The molecule has 0 saturated heterocycles. The van der Waals surface area contributed by atoms with Gasteiger partial charge >= 0.3 is 203 Å². The normalized spacial score (nSPS) is 18.5. The van der Waals surface area contributed by atoms with Crippen LogP contribution in [0.3, 0.4) is 0 Å². The lowest BCUT2D eigenvalue weighted by Crippen LogP contribution is -2.93. The highest BCUT2D eigenvalue weighted by atomic mass is 19.5. The smallest absolute Gasteiger partial charge is 0.332 e. The molecule has 111 heavy (non-hydrogen) atoms. The molecule has 2 unspecified atom stereocenters. The van der Waals surface area contributed by atoms with Crippen LogP contribution >= 0.6 is 0 Å². The molecule has 0 amide bonds. The van der Waals surface area contributed by atoms with Gasteiger partial charge in [0.05, 0.1) is 0 Å². The lowest BCUT2D eigenvalue weighted by molar-refractivity contribution is -0.574. The fraction of sp³-hybridized carbons (Fsp3) is 1.00. The van der Waals surface area contributed by atoms with Crippen molar-refractivity contribution in [3.05, 3.63) is 0 Å². The van der Waals surface area contributed by atoms with E-state index in [1.165, 1.54) is 0 Å². The molecule has 0 saturated carbocycles. The highest BCUT2D eigenvalue weighted by Crippen LogP contribution is 2.80. The van der Waals surface area contributed by atoms with Gasteiger partial charge in [-0.15, -0.1) is 0 Å². The summed E-state index contributed by atoms with van der Waals surface area (Å²) in [5.74, 6) is -346. The number of hydrogen-bond acceptors (Lipinski definition) is 1. The zero-order valence-electron chi connectivity index (χ0n) is 46.4. The van der Waals surface area contributed by atoms with Gasteiger partial charge in [0.2, 0.25) is 0 Å². The molecule has 668 valence electrons. The lowest BCUT2D eigenvalue weighted by atomic mass is 9.67. The number of ether oxygens (including phenoxy) is 1. The SMILES string of the molecule is FC(F)(F)C(F)(F)C(F)(F)C(F)(F)C(F)(F)C(F)(F)C(F)(F)C(F)(F)C(OC(C(F)(F)C(F)(F)F)(C(F)(F)C(F)(F)C(F)(F)C(F)(F)C(F)(F)C(F)(F)C(F)(F)F)C(F)(F)C(F)(F)C(F)(F)C(F)(F)C(F)(F)C(F)(F)C(F)(F)C(F)(F)F)(C(F)(F)C(F)(F)F)C(F)(F)C(F)(F)C(F)(F)C(F)(F)C(F)(F)C(F)(F)C(F)(F)F. The van der Waals surface area contributed by atoms with Gasteiger partial charge in [-0.2, -0.15) is 325 Å². The third-order valence-electron chi connectivity index (χ3n) is 13.8. The van der Waals surface area contributed by atoms with Crippen molar-refractivity contribution in [3.8, 4) is 0 Å². The van der Waals surface area contributed by atoms with E-state index in [9.17, 15) is 202 Å². The van der Waals surface area contributed by atoms with E-state index in [1.807, 2.05) is 0 Å². The molecular formula is C36F74O. The first-order valence-electron chi connectivity index (χ1n) is 22.9. The van der Waals surface area contributed by atoms with Crippen LogP contribution in [0.25, 0.3) is 0 Å². The van der Waals surface area contributed by atoms with Gasteiger partial charge in [0.25, 0.3) is 11.2 Å². The first kappa shape index (κ1) is 106. The molecule has 0 N–H and O–H groups in total. The Balaban J connectivity index is 13.3. The molecule has 0 spiro atoms. The van der Waals surface area contributed by atoms with Crippen LogP contribution in [0.15, 0.2) is 0 Å². The molecule has 0 radical (unpaired) electrons. The second kappa shape index (κ2) is 25.2. The van der Waals surface area contributed by atoms with E-state index in [0.29, 0.717) is 0 Å². The fourth-order valence-corrected chi connectivity index (χ4v) is 7.34. The Kier molecular flexibility index (Phi) is 24.0. The van der Waals surface area contributed by atoms with Crippen molar-refractivity contribution in [1.82, 2.24) is 0 Å². The second-order valence-corrected chi connectivity index (χ2v) is 20.5. The molecule has 0 fully saturated rings. The van der Waals surface area contributed by atoms with Gasteiger partial charge in [0.1, 0.15) is 0 Å². The molecule has 0 aromatic heterocycles. The molecule has 0 aliphatic carbocycles. The first-order chi connectivity index (χ1) is 46.2. The fourth-order valence-electron chi connectivity index (χ4n) is 7.34. The maximum absolute atomic E-state index is 16.6. The van der Waals surface area contributed by atoms with Gasteiger partial charge in [0.15, 0.2) is 0 Å². The summed E-state index contributed by atoms with van der Waals surface area (Å²) < 4.78 is 1080. The number of alkyl halides is 74. The summed E-state index contributed by atoms with van der Waals surface area (Å²) in [6.45, 7) is 0. The molecule has 75 heteroatoms. The number of rotatable bonds is 30. The highest BCUT2D eigenvalue weighted by molar-refractivity contribution is 5.35. The average molecular weight is 1850 g/mol. The van der Waals surface area contributed by atoms with E-state index in [2.05, 4.69) is 0 Å². The number of halogens is 74. The van der Waals surface area contributed by atoms with Gasteiger partial charge in [-0.25, -0.2) is 0 Å². The minimum absolute atomic E-state index is 1.25. The molecule has 0 aromatic carbocycles. The van der Waals surface area contributed by atoms with Crippen LogP contribution in [0, 0.1) is 0 Å². The Morgan fingerprint density at radius 1 is 0.0721 bits per heavy atom. The summed E-state index contributed by atoms with van der Waals surface area (Å²) in [6.07, 6.45) is -62.9. The summed E-state index contributed by atoms with van der Waals surface area (Å²) in [5.41, 5.74) is -30.2. The summed E-state index contributed by atoms with van der Waals surface area (Å²) in [6, 6.07) is 0. The van der Waals surface area contributed by atoms with Gasteiger partial charge in [0, 0.05) is 0 Å². The highest BCUT2D eigenvalue weighted by Gasteiger charge is 3.12. The van der Waals surface area contributed by atoms with Crippen molar-refractivity contribution in [2.24, 2.45) is 0 Å². The van der Waals surface area contributed by atoms with Crippen LogP contribution in [0.1, 0.15) is 0 Å². The van der Waals surface area contributed by atoms with Gasteiger partial charge in [-0.1, -0.05) is 0 Å². The maximum Gasteiger partial charge on any atom is 0.460 e. The van der Waals surface area contributed by atoms with E-state index in [4.69, 9.17) is 0 Å². The van der Waals surface area contributed by atoms with Gasteiger partial charge < -0.3 is 4.74 Å². The van der Waals surface area contributed by atoms with Crippen molar-refractivity contribution in [2.45, 2.75) is 214 Å². The quantitative estimate of drug-likeness (QED) is 0.0652. The van der Waals surface area contributed by atoms with Crippen molar-refractivity contribution in [3.63, 3.8) is 0 Å². The van der Waals surface area contributed by atoms with Crippen LogP contribution in [0.4, 0.5) is 325 Å². The molecule has 0 aliphatic heterocycles. The Morgan fingerprint density at radius 3 is 0.207 bits per heavy atom. The second-order valence-electron chi connectivity index (χ2n) is 20.5. The molecule has 0 heterocycles. The van der Waals surface area contributed by atoms with E-state index in [0.717, 1.165) is 0 Å². The third kappa shape index (κ3) is 11.8.